The number of anilines is 5. The molecule has 0 atom stereocenters. The van der Waals surface area contributed by atoms with Crippen molar-refractivity contribution in [2.45, 2.75) is 104 Å². The normalized spacial score (nSPS) is 11.3. The zero-order valence-corrected chi connectivity index (χ0v) is 68.6. The number of carboxylic acids is 3. The van der Waals surface area contributed by atoms with Gasteiger partial charge in [-0.3, -0.25) is 9.59 Å². The number of furan rings is 2. The number of nitrogens with one attached hydrogen (secondary N) is 4. The third kappa shape index (κ3) is 31.5. The summed E-state index contributed by atoms with van der Waals surface area (Å²) >= 11 is 16.2. The highest BCUT2D eigenvalue weighted by molar-refractivity contribution is 7.95. The van der Waals surface area contributed by atoms with E-state index in [0.29, 0.717) is 146 Å². The number of benzene rings is 8. The van der Waals surface area contributed by atoms with Crippen LogP contribution < -0.4 is 69.9 Å². The molecule has 17 N–H and O–H groups in total. The second-order valence-corrected chi connectivity index (χ2v) is 28.3. The highest BCUT2D eigenvalue weighted by Crippen LogP contribution is 2.46. The maximum Gasteiger partial charge on any atom is 0.337 e. The molecule has 0 radical (unpaired) electrons. The number of ether oxygens (including phenoxy) is 3. The molecule has 0 spiro atoms. The van der Waals surface area contributed by atoms with Crippen LogP contribution in [0.1, 0.15) is 130 Å². The Hall–Kier alpha value is -9.80. The summed E-state index contributed by atoms with van der Waals surface area (Å²) in [5.41, 5.74) is 4.26. The Morgan fingerprint density at radius 1 is 0.419 bits per heavy atom. The van der Waals surface area contributed by atoms with Crippen molar-refractivity contribution in [3.8, 4) is 34.5 Å². The molecule has 0 saturated carbocycles. The van der Waals surface area contributed by atoms with Gasteiger partial charge in [0.2, 0.25) is 0 Å². The summed E-state index contributed by atoms with van der Waals surface area (Å²) in [6.45, 7) is 11.1. The monoisotopic (exact) mass is 1750 g/mol. The molecule has 10 aromatic rings. The molecule has 0 aliphatic carbocycles. The average molecular weight is 1750 g/mol. The van der Waals surface area contributed by atoms with E-state index in [9.17, 15) is 39.3 Å². The van der Waals surface area contributed by atoms with Crippen molar-refractivity contribution in [3.05, 3.63) is 238 Å². The summed E-state index contributed by atoms with van der Waals surface area (Å²) in [4.78, 5) is 82.7. The molecule has 0 unspecified atom stereocenters. The number of nitrogens with two attached hydrogens (primary N) is 5. The maximum absolute atomic E-state index is 11.8. The minimum Gasteiger partial charge on any atom is -0.478 e. The average Bonchev–Trinajstić information content (AvgIpc) is 1.78. The topological polar surface area (TPSA) is 474 Å². The van der Waals surface area contributed by atoms with Gasteiger partial charge in [-0.25, -0.2) is 14.4 Å². The lowest BCUT2D eigenvalue weighted by atomic mass is 10.1. The number of Topliss-reactive ketones (excluding diaryl/α,β-unsaturated/α-hetero) is 2. The van der Waals surface area contributed by atoms with Crippen LogP contribution in [0.25, 0.3) is 0 Å². The Balaban J connectivity index is 0.000000202. The summed E-state index contributed by atoms with van der Waals surface area (Å²) in [5, 5.41) is 41.3. The van der Waals surface area contributed by atoms with Crippen molar-refractivity contribution >= 4 is 141 Å². The number of ketones is 2. The number of rotatable bonds is 41. The third-order valence-corrected chi connectivity index (χ3v) is 19.8. The third-order valence-electron chi connectivity index (χ3n) is 15.7. The van der Waals surface area contributed by atoms with Gasteiger partial charge in [-0.05, 0) is 161 Å². The lowest BCUT2D eigenvalue weighted by Crippen LogP contribution is -2.19. The van der Waals surface area contributed by atoms with Crippen LogP contribution in [0, 0.1) is 0 Å². The summed E-state index contributed by atoms with van der Waals surface area (Å²) in [6.07, 6.45) is 9.21. The largest absolute Gasteiger partial charge is 0.478 e. The Kier molecular flexibility index (Phi) is 42.0. The molecule has 8 aromatic carbocycles. The van der Waals surface area contributed by atoms with Crippen LogP contribution in [0.3, 0.4) is 0 Å². The van der Waals surface area contributed by atoms with E-state index in [4.69, 9.17) is 88.7 Å². The van der Waals surface area contributed by atoms with Crippen molar-refractivity contribution in [2.24, 2.45) is 29.5 Å². The molecule has 1 saturated heterocycles. The first-order chi connectivity index (χ1) is 56.7. The molecule has 117 heavy (non-hydrogen) atoms. The van der Waals surface area contributed by atoms with Crippen LogP contribution in [0.2, 0.25) is 10.0 Å². The number of carbonyl (C=O) groups excluding carboxylic acids is 2. The van der Waals surface area contributed by atoms with Crippen molar-refractivity contribution in [2.75, 3.05) is 52.3 Å². The molecular formula is C77H84Cl2N10O23S5. The van der Waals surface area contributed by atoms with E-state index in [2.05, 4.69) is 73.6 Å². The van der Waals surface area contributed by atoms with Crippen LogP contribution in [-0.2, 0) is 59.7 Å². The van der Waals surface area contributed by atoms with E-state index in [1.807, 2.05) is 84.9 Å². The van der Waals surface area contributed by atoms with E-state index in [1.165, 1.54) is 50.4 Å². The molecule has 33 nitrogen and oxygen atoms in total. The molecule has 1 aliphatic heterocycles. The quantitative estimate of drug-likeness (QED) is 0.00557. The first kappa shape index (κ1) is 94.4. The number of para-hydroxylation sites is 3. The summed E-state index contributed by atoms with van der Waals surface area (Å²) in [5.74, 6) is 25.8. The molecule has 40 heteroatoms. The predicted molar refractivity (Wildman–Crippen MR) is 444 cm³/mol. The standard InChI is InChI=1S/C18H22N2O4S.C17H18N2O5S.C17H20N2O5S.C13H13ClN2O4S.C12H11ClN2O5S/c1-3-4-10-20-16-11-14(13(2)21)12-17(25-24-23-19)18(16)22-15-8-6-5-7-9-15;18-23-24-25-15-11-12(17(20)21)10-14(19-8-4-5-9-19)16(15)22-13-6-2-1-3-7-13;1-2-3-9-19-14-10-12(17(20)21)11-15(25-24-23-18)16(14)22-13-7-5-4-6-8-13;1-8(17)10-5-13(21-20-19-15)11(14)6-12(10)16-7-9-3-2-4-18-9;13-9-5-10(15-6-7-2-1-3-18-7)8(12(16)17)4-11(9)21-20-19-14/h5-9,11-12,20H,3-4,10,19H2,1-2H3;1-3,6-7,10-11H,4-5,8-9,18H2,(H,20,21);4-8,10-11,19H,2-3,9,18H2,1H3,(H,20,21);2-6,16H,7,15H2,1H3;1-5,15H,6,14H2,(H,16,17). The number of halogens is 2. The van der Waals surface area contributed by atoms with Gasteiger partial charge in [0.1, 0.15) is 28.8 Å². The van der Waals surface area contributed by atoms with Gasteiger partial charge >= 0.3 is 17.9 Å². The Morgan fingerprint density at radius 3 is 1.15 bits per heavy atom. The zero-order chi connectivity index (χ0) is 84.3. The van der Waals surface area contributed by atoms with Gasteiger partial charge in [-0.2, -0.15) is 29.5 Å². The molecular weight excluding hydrogens is 1660 g/mol. The second-order valence-electron chi connectivity index (χ2n) is 23.8. The lowest BCUT2D eigenvalue weighted by molar-refractivity contribution is -0.195. The smallest absolute Gasteiger partial charge is 0.337 e. The Morgan fingerprint density at radius 2 is 0.786 bits per heavy atom. The van der Waals surface area contributed by atoms with Crippen molar-refractivity contribution in [1.82, 2.24) is 0 Å². The van der Waals surface area contributed by atoms with Crippen molar-refractivity contribution in [1.29, 1.82) is 0 Å². The van der Waals surface area contributed by atoms with Gasteiger partial charge < -0.3 is 64.5 Å². The highest BCUT2D eigenvalue weighted by Gasteiger charge is 2.26. The fourth-order valence-corrected chi connectivity index (χ4v) is 13.2. The van der Waals surface area contributed by atoms with Gasteiger partial charge in [-0.1, -0.05) is 104 Å². The predicted octanol–water partition coefficient (Wildman–Crippen LogP) is 19.2. The number of carboxylic acid groups (broad SMARTS) is 3. The van der Waals surface area contributed by atoms with E-state index in [1.54, 1.807) is 66.9 Å². The van der Waals surface area contributed by atoms with Gasteiger partial charge in [-0.15, -0.1) is 46.6 Å². The Bertz CT molecular complexity index is 4500. The molecule has 11 rings (SSSR count). The van der Waals surface area contributed by atoms with Gasteiger partial charge in [0, 0.05) is 43.0 Å². The number of hydrogen-bond donors (Lipinski definition) is 12. The first-order valence-corrected chi connectivity index (χ1v) is 39.6. The Labute approximate surface area is 703 Å². The van der Waals surface area contributed by atoms with Gasteiger partial charge in [0.25, 0.3) is 0 Å². The molecule has 2 aromatic heterocycles. The number of carbonyl (C=O) groups is 5. The van der Waals surface area contributed by atoms with E-state index in [-0.39, 0.29) is 28.3 Å². The number of nitrogens with zero attached hydrogens (tertiary/aromatic N) is 1. The van der Waals surface area contributed by atoms with Crippen LogP contribution in [-0.4, -0.2) is 71.0 Å². The second kappa shape index (κ2) is 52.1. The minimum absolute atomic E-state index is 0.0362. The molecule has 0 bridgehead atoms. The van der Waals surface area contributed by atoms with E-state index < -0.39 is 17.9 Å². The fraction of sp³-hybridized carbons (Fsp3) is 0.208. The molecule has 1 aliphatic rings. The van der Waals surface area contributed by atoms with Gasteiger partial charge in [0.05, 0.1) is 160 Å². The molecule has 3 heterocycles. The van der Waals surface area contributed by atoms with Crippen molar-refractivity contribution in [3.63, 3.8) is 0 Å². The van der Waals surface area contributed by atoms with E-state index in [0.717, 1.165) is 112 Å². The molecule has 0 amide bonds. The summed E-state index contributed by atoms with van der Waals surface area (Å²) < 4.78 is 51.7. The number of hydrogen-bond acceptors (Lipinski definition) is 35. The van der Waals surface area contributed by atoms with Crippen LogP contribution in [0.15, 0.2) is 222 Å². The minimum atomic E-state index is -1.11. The summed E-state index contributed by atoms with van der Waals surface area (Å²) in [7, 11) is 0. The maximum atomic E-state index is 11.8. The van der Waals surface area contributed by atoms with Crippen LogP contribution in [0.5, 0.6) is 34.5 Å². The van der Waals surface area contributed by atoms with Gasteiger partial charge in [0.15, 0.2) is 28.8 Å². The summed E-state index contributed by atoms with van der Waals surface area (Å²) in [6, 6.07) is 50.6. The highest BCUT2D eigenvalue weighted by atomic mass is 35.5. The first-order valence-electron chi connectivity index (χ1n) is 35.1. The van der Waals surface area contributed by atoms with Crippen LogP contribution in [0.4, 0.5) is 28.4 Å². The number of aromatic carboxylic acids is 3. The lowest BCUT2D eigenvalue weighted by Gasteiger charge is -2.23. The molecule has 624 valence electrons. The fourth-order valence-electron chi connectivity index (χ4n) is 10.3. The van der Waals surface area contributed by atoms with Crippen LogP contribution >= 0.6 is 83.4 Å². The zero-order valence-electron chi connectivity index (χ0n) is 63.0. The van der Waals surface area contributed by atoms with E-state index >= 15 is 0 Å². The molecule has 1 fully saturated rings. The SMILES string of the molecule is CC(=O)c1cc(SOON)c(Cl)cc1NCc1ccco1.CCCCNc1cc(C(=O)O)cc(SOON)c1Oc1ccccc1.CCCCNc1cc(C(C)=O)cc(SOON)c1Oc1ccccc1.NOOSc1cc(C(=O)O)c(NCc2ccco2)cc1Cl.NOOSc1cc(C(=O)O)cc(N2CCCC2)c1Oc1ccccc1. The number of unbranched alkanes of at least 4 members (excludes halogenated alkanes) is 2. The van der Waals surface area contributed by atoms with Crippen molar-refractivity contribution < 1.29 is 109 Å².